The van der Waals surface area contributed by atoms with Crippen molar-refractivity contribution in [2.45, 2.75) is 19.5 Å². The Kier molecular flexibility index (Phi) is 4.91. The average Bonchev–Trinajstić information content (AvgIpc) is 2.66. The first-order chi connectivity index (χ1) is 13.0. The van der Waals surface area contributed by atoms with Crippen molar-refractivity contribution >= 4 is 23.2 Å². The molecule has 0 radical (unpaired) electrons. The highest BCUT2D eigenvalue weighted by atomic mass is 35.5. The van der Waals surface area contributed by atoms with Gasteiger partial charge < -0.3 is 10.1 Å². The summed E-state index contributed by atoms with van der Waals surface area (Å²) in [4.78, 5) is 22.3. The number of phenols is 1. The third kappa shape index (κ3) is 3.72. The van der Waals surface area contributed by atoms with E-state index in [1.807, 2.05) is 18.2 Å². The Morgan fingerprint density at radius 1 is 1.15 bits per heavy atom. The Hall–Kier alpha value is -2.34. The van der Waals surface area contributed by atoms with Gasteiger partial charge in [0.15, 0.2) is 0 Å². The molecule has 0 spiro atoms. The van der Waals surface area contributed by atoms with Crippen molar-refractivity contribution in [3.05, 3.63) is 79.7 Å². The number of nitrogens with zero attached hydrogens (tertiary/aromatic N) is 2. The normalized spacial score (nSPS) is 14.1. The number of benzene rings is 2. The van der Waals surface area contributed by atoms with Crippen molar-refractivity contribution in [1.29, 1.82) is 0 Å². The largest absolute Gasteiger partial charge is 0.506 e. The van der Waals surface area contributed by atoms with Crippen molar-refractivity contribution in [3.63, 3.8) is 0 Å². The Balaban J connectivity index is 1.59. The summed E-state index contributed by atoms with van der Waals surface area (Å²) in [5, 5.41) is 10.8. The van der Waals surface area contributed by atoms with Crippen LogP contribution in [0, 0.1) is 0 Å². The first kappa shape index (κ1) is 18.0. The van der Waals surface area contributed by atoms with Gasteiger partial charge in [0, 0.05) is 36.6 Å². The van der Waals surface area contributed by atoms with Gasteiger partial charge in [-0.05, 0) is 35.9 Å². The van der Waals surface area contributed by atoms with Gasteiger partial charge in [0.05, 0.1) is 16.3 Å². The summed E-state index contributed by atoms with van der Waals surface area (Å²) in [5.74, 6) is 0.624. The zero-order valence-corrected chi connectivity index (χ0v) is 15.9. The Morgan fingerprint density at radius 2 is 1.93 bits per heavy atom. The average molecular weight is 402 g/mol. The van der Waals surface area contributed by atoms with E-state index >= 15 is 0 Å². The molecule has 27 heavy (non-hydrogen) atoms. The summed E-state index contributed by atoms with van der Waals surface area (Å²) in [6, 6.07) is 12.4. The van der Waals surface area contributed by atoms with E-state index in [1.54, 1.807) is 24.3 Å². The van der Waals surface area contributed by atoms with Gasteiger partial charge in [-0.15, -0.1) is 0 Å². The lowest BCUT2D eigenvalue weighted by atomic mass is 10.1. The zero-order valence-electron chi connectivity index (χ0n) is 14.4. The molecule has 7 heteroatoms. The molecule has 3 aromatic rings. The maximum absolute atomic E-state index is 12.6. The lowest BCUT2D eigenvalue weighted by molar-refractivity contribution is 0.241. The highest BCUT2D eigenvalue weighted by Gasteiger charge is 2.22. The summed E-state index contributed by atoms with van der Waals surface area (Å²) in [6.45, 7) is 1.81. The molecule has 0 aliphatic carbocycles. The molecule has 2 heterocycles. The second kappa shape index (κ2) is 7.35. The van der Waals surface area contributed by atoms with E-state index in [0.717, 1.165) is 23.4 Å². The second-order valence-electron chi connectivity index (χ2n) is 6.56. The van der Waals surface area contributed by atoms with Gasteiger partial charge >= 0.3 is 0 Å². The smallest absolute Gasteiger partial charge is 0.255 e. The van der Waals surface area contributed by atoms with Gasteiger partial charge in [0.1, 0.15) is 11.6 Å². The topological polar surface area (TPSA) is 69.2 Å². The van der Waals surface area contributed by atoms with Crippen LogP contribution < -0.4 is 5.56 Å². The van der Waals surface area contributed by atoms with Gasteiger partial charge in [-0.1, -0.05) is 35.3 Å². The number of aromatic nitrogens is 2. The van der Waals surface area contributed by atoms with Crippen LogP contribution in [-0.4, -0.2) is 26.5 Å². The van der Waals surface area contributed by atoms with Gasteiger partial charge in [-0.2, -0.15) is 0 Å². The lowest BCUT2D eigenvalue weighted by Gasteiger charge is -2.28. The maximum atomic E-state index is 12.6. The summed E-state index contributed by atoms with van der Waals surface area (Å²) >= 11 is 12.1. The van der Waals surface area contributed by atoms with E-state index in [2.05, 4.69) is 14.9 Å². The number of halogens is 2. The predicted octanol–water partition coefficient (Wildman–Crippen LogP) is 4.01. The minimum atomic E-state index is -0.128. The van der Waals surface area contributed by atoms with Gasteiger partial charge in [-0.25, -0.2) is 4.98 Å². The molecular weight excluding hydrogens is 385 g/mol. The minimum Gasteiger partial charge on any atom is -0.506 e. The van der Waals surface area contributed by atoms with Crippen LogP contribution in [-0.2, 0) is 19.5 Å². The zero-order chi connectivity index (χ0) is 19.0. The van der Waals surface area contributed by atoms with E-state index in [1.165, 1.54) is 0 Å². The fourth-order valence-corrected chi connectivity index (χ4v) is 3.60. The summed E-state index contributed by atoms with van der Waals surface area (Å²) < 4.78 is 0. The number of phenolic OH excluding ortho intramolecular Hbond substituents is 1. The van der Waals surface area contributed by atoms with Crippen molar-refractivity contribution in [2.24, 2.45) is 0 Å². The number of hydrogen-bond acceptors (Lipinski definition) is 4. The van der Waals surface area contributed by atoms with Crippen molar-refractivity contribution < 1.29 is 5.11 Å². The molecule has 138 valence electrons. The standard InChI is InChI=1S/C20H17Cl2N3O2/c21-14-6-4-12(5-7-14)19-23-16-8-9-25(11-15(16)20(27)24-19)10-13-2-1-3-17(26)18(13)22/h1-7,26H,8-11H2,(H,23,24,27). The quantitative estimate of drug-likeness (QED) is 0.695. The van der Waals surface area contributed by atoms with E-state index in [4.69, 9.17) is 23.2 Å². The second-order valence-corrected chi connectivity index (χ2v) is 7.37. The Labute approximate surface area is 166 Å². The summed E-state index contributed by atoms with van der Waals surface area (Å²) in [6.07, 6.45) is 0.677. The third-order valence-electron chi connectivity index (χ3n) is 4.72. The molecule has 0 unspecified atom stereocenters. The monoisotopic (exact) mass is 401 g/mol. The number of rotatable bonds is 3. The SMILES string of the molecule is O=c1[nH]c(-c2ccc(Cl)cc2)nc2c1CN(Cc1cccc(O)c1Cl)CC2. The summed E-state index contributed by atoms with van der Waals surface area (Å²) in [5.41, 5.74) is 3.03. The van der Waals surface area contributed by atoms with Crippen molar-refractivity contribution in [2.75, 3.05) is 6.54 Å². The van der Waals surface area contributed by atoms with Gasteiger partial charge in [0.25, 0.3) is 5.56 Å². The lowest BCUT2D eigenvalue weighted by Crippen LogP contribution is -2.35. The molecule has 2 aromatic carbocycles. The fourth-order valence-electron chi connectivity index (χ4n) is 3.29. The fraction of sp³-hybridized carbons (Fsp3) is 0.200. The van der Waals surface area contributed by atoms with Crippen LogP contribution in [0.2, 0.25) is 10.0 Å². The molecule has 1 aliphatic heterocycles. The predicted molar refractivity (Wildman–Crippen MR) is 106 cm³/mol. The van der Waals surface area contributed by atoms with Crippen LogP contribution in [0.3, 0.4) is 0 Å². The molecule has 2 N–H and O–H groups in total. The van der Waals surface area contributed by atoms with Gasteiger partial charge in [-0.3, -0.25) is 9.69 Å². The molecule has 4 rings (SSSR count). The van der Waals surface area contributed by atoms with E-state index < -0.39 is 0 Å². The number of fused-ring (bicyclic) bond motifs is 1. The van der Waals surface area contributed by atoms with Crippen LogP contribution in [0.15, 0.2) is 47.3 Å². The minimum absolute atomic E-state index is 0.0682. The van der Waals surface area contributed by atoms with Crippen LogP contribution >= 0.6 is 23.2 Å². The summed E-state index contributed by atoms with van der Waals surface area (Å²) in [7, 11) is 0. The number of hydrogen-bond donors (Lipinski definition) is 2. The van der Waals surface area contributed by atoms with Crippen LogP contribution in [0.1, 0.15) is 16.8 Å². The van der Waals surface area contributed by atoms with E-state index in [9.17, 15) is 9.90 Å². The number of aromatic hydroxyl groups is 1. The van der Waals surface area contributed by atoms with Crippen LogP contribution in [0.5, 0.6) is 5.75 Å². The molecule has 1 aliphatic rings. The van der Waals surface area contributed by atoms with Crippen molar-refractivity contribution in [1.82, 2.24) is 14.9 Å². The van der Waals surface area contributed by atoms with E-state index in [-0.39, 0.29) is 11.3 Å². The molecule has 5 nitrogen and oxygen atoms in total. The third-order valence-corrected chi connectivity index (χ3v) is 5.41. The Morgan fingerprint density at radius 3 is 2.70 bits per heavy atom. The highest BCUT2D eigenvalue weighted by Crippen LogP contribution is 2.29. The molecule has 0 amide bonds. The molecule has 0 atom stereocenters. The molecular formula is C20H17Cl2N3O2. The maximum Gasteiger partial charge on any atom is 0.255 e. The first-order valence-electron chi connectivity index (χ1n) is 8.58. The van der Waals surface area contributed by atoms with Crippen molar-refractivity contribution in [3.8, 4) is 17.1 Å². The molecule has 0 saturated carbocycles. The molecule has 0 bridgehead atoms. The number of aromatic amines is 1. The molecule has 0 saturated heterocycles. The van der Waals surface area contributed by atoms with E-state index in [0.29, 0.717) is 40.9 Å². The molecule has 1 aromatic heterocycles. The number of H-pyrrole nitrogens is 1. The highest BCUT2D eigenvalue weighted by molar-refractivity contribution is 6.32. The van der Waals surface area contributed by atoms with Crippen LogP contribution in [0.25, 0.3) is 11.4 Å². The first-order valence-corrected chi connectivity index (χ1v) is 9.33. The molecule has 0 fully saturated rings. The van der Waals surface area contributed by atoms with Gasteiger partial charge in [0.2, 0.25) is 0 Å². The Bertz CT molecular complexity index is 1050. The number of nitrogens with one attached hydrogen (secondary N) is 1. The van der Waals surface area contributed by atoms with Crippen LogP contribution in [0.4, 0.5) is 0 Å².